The van der Waals surface area contributed by atoms with Crippen molar-refractivity contribution in [2.45, 2.75) is 52.1 Å². The maximum absolute atomic E-state index is 10.9. The minimum atomic E-state index is -0.721. The summed E-state index contributed by atoms with van der Waals surface area (Å²) in [6.45, 7) is 6.89. The maximum atomic E-state index is 10.9. The van der Waals surface area contributed by atoms with E-state index in [4.69, 9.17) is 4.74 Å². The summed E-state index contributed by atoms with van der Waals surface area (Å²) in [6, 6.07) is 0. The molecule has 0 aliphatic heterocycles. The van der Waals surface area contributed by atoms with Crippen LogP contribution < -0.4 is 5.32 Å². The lowest BCUT2D eigenvalue weighted by Crippen LogP contribution is -2.32. The van der Waals surface area contributed by atoms with E-state index >= 15 is 0 Å². The Labute approximate surface area is 127 Å². The second-order valence-electron chi connectivity index (χ2n) is 5.44. The molecule has 0 bridgehead atoms. The van der Waals surface area contributed by atoms with Crippen molar-refractivity contribution >= 4 is 10.8 Å². The van der Waals surface area contributed by atoms with Crippen molar-refractivity contribution < 1.29 is 14.1 Å². The SMILES string of the molecule is CCCCC(CC)COCC(O)CNCCCS(C)=O. The van der Waals surface area contributed by atoms with Gasteiger partial charge in [-0.15, -0.1) is 0 Å². The average molecular weight is 308 g/mol. The van der Waals surface area contributed by atoms with Gasteiger partial charge in [-0.05, 0) is 25.3 Å². The number of hydrogen-bond acceptors (Lipinski definition) is 4. The number of aliphatic hydroxyl groups is 1. The van der Waals surface area contributed by atoms with Crippen LogP contribution in [0.2, 0.25) is 0 Å². The maximum Gasteiger partial charge on any atom is 0.0897 e. The van der Waals surface area contributed by atoms with Crippen LogP contribution >= 0.6 is 0 Å². The standard InChI is InChI=1S/C15H33NO3S/c1-4-6-8-14(5-2)12-19-13-15(17)11-16-9-7-10-20(3)18/h14-17H,4-13H2,1-3H3. The van der Waals surface area contributed by atoms with Crippen molar-refractivity contribution in [2.24, 2.45) is 5.92 Å². The van der Waals surface area contributed by atoms with Gasteiger partial charge in [0.15, 0.2) is 0 Å². The molecule has 4 nitrogen and oxygen atoms in total. The van der Waals surface area contributed by atoms with Crippen LogP contribution in [-0.2, 0) is 15.5 Å². The van der Waals surface area contributed by atoms with Crippen molar-refractivity contribution in [3.8, 4) is 0 Å². The molecule has 5 heteroatoms. The third kappa shape index (κ3) is 13.0. The second kappa shape index (κ2) is 14.0. The smallest absolute Gasteiger partial charge is 0.0897 e. The van der Waals surface area contributed by atoms with E-state index < -0.39 is 16.9 Å². The van der Waals surface area contributed by atoms with Crippen molar-refractivity contribution in [1.82, 2.24) is 5.32 Å². The van der Waals surface area contributed by atoms with Gasteiger partial charge in [0, 0.05) is 36.0 Å². The second-order valence-corrected chi connectivity index (χ2v) is 7.00. The molecular formula is C15H33NO3S. The van der Waals surface area contributed by atoms with Crippen molar-refractivity contribution in [3.63, 3.8) is 0 Å². The molecule has 0 heterocycles. The van der Waals surface area contributed by atoms with Gasteiger partial charge >= 0.3 is 0 Å². The molecule has 0 aliphatic carbocycles. The lowest BCUT2D eigenvalue weighted by molar-refractivity contribution is 0.0194. The van der Waals surface area contributed by atoms with Crippen molar-refractivity contribution in [1.29, 1.82) is 0 Å². The Balaban J connectivity index is 3.47. The minimum Gasteiger partial charge on any atom is -0.389 e. The highest BCUT2D eigenvalue weighted by Crippen LogP contribution is 2.12. The van der Waals surface area contributed by atoms with Crippen LogP contribution in [-0.4, -0.2) is 53.7 Å². The van der Waals surface area contributed by atoms with Crippen LogP contribution in [0.5, 0.6) is 0 Å². The summed E-state index contributed by atoms with van der Waals surface area (Å²) in [6.07, 6.45) is 6.98. The molecule has 3 atom stereocenters. The van der Waals surface area contributed by atoms with Gasteiger partial charge in [0.2, 0.25) is 0 Å². The van der Waals surface area contributed by atoms with E-state index in [1.165, 1.54) is 19.3 Å². The van der Waals surface area contributed by atoms with Gasteiger partial charge in [0.05, 0.1) is 12.7 Å². The number of aliphatic hydroxyl groups excluding tert-OH is 1. The van der Waals surface area contributed by atoms with E-state index in [-0.39, 0.29) is 0 Å². The summed E-state index contributed by atoms with van der Waals surface area (Å²) in [7, 11) is -0.721. The molecule has 0 saturated heterocycles. The summed E-state index contributed by atoms with van der Waals surface area (Å²) in [5.74, 6) is 1.34. The van der Waals surface area contributed by atoms with Crippen LogP contribution in [0.1, 0.15) is 46.0 Å². The first-order valence-electron chi connectivity index (χ1n) is 7.86. The highest BCUT2D eigenvalue weighted by Gasteiger charge is 2.08. The molecule has 0 aliphatic rings. The Bertz CT molecular complexity index is 239. The number of hydrogen-bond donors (Lipinski definition) is 2. The van der Waals surface area contributed by atoms with Crippen LogP contribution in [0.25, 0.3) is 0 Å². The van der Waals surface area contributed by atoms with Crippen molar-refractivity contribution in [3.05, 3.63) is 0 Å². The largest absolute Gasteiger partial charge is 0.389 e. The van der Waals surface area contributed by atoms with Gasteiger partial charge < -0.3 is 15.2 Å². The summed E-state index contributed by atoms with van der Waals surface area (Å²) >= 11 is 0. The van der Waals surface area contributed by atoms with E-state index in [2.05, 4.69) is 19.2 Å². The minimum absolute atomic E-state index is 0.398. The van der Waals surface area contributed by atoms with Crippen LogP contribution in [0.3, 0.4) is 0 Å². The Hall–Kier alpha value is 0.0300. The first-order valence-corrected chi connectivity index (χ1v) is 9.59. The lowest BCUT2D eigenvalue weighted by Gasteiger charge is -2.17. The first-order chi connectivity index (χ1) is 9.60. The molecule has 122 valence electrons. The molecule has 2 N–H and O–H groups in total. The highest BCUT2D eigenvalue weighted by atomic mass is 32.2. The van der Waals surface area contributed by atoms with Crippen LogP contribution in [0.15, 0.2) is 0 Å². The van der Waals surface area contributed by atoms with Gasteiger partial charge in [0.25, 0.3) is 0 Å². The lowest BCUT2D eigenvalue weighted by atomic mass is 10.0. The Morgan fingerprint density at radius 1 is 1.25 bits per heavy atom. The summed E-state index contributed by atoms with van der Waals surface area (Å²) in [4.78, 5) is 0. The molecule has 3 unspecified atom stereocenters. The fourth-order valence-electron chi connectivity index (χ4n) is 2.00. The molecule has 20 heavy (non-hydrogen) atoms. The number of rotatable bonds is 14. The number of nitrogens with one attached hydrogen (secondary N) is 1. The van der Waals surface area contributed by atoms with Gasteiger partial charge in [0.1, 0.15) is 0 Å². The Morgan fingerprint density at radius 3 is 2.60 bits per heavy atom. The summed E-state index contributed by atoms with van der Waals surface area (Å²) in [5, 5.41) is 12.9. The van der Waals surface area contributed by atoms with Gasteiger partial charge in [-0.2, -0.15) is 0 Å². The fourth-order valence-corrected chi connectivity index (χ4v) is 2.55. The zero-order valence-corrected chi connectivity index (χ0v) is 14.2. The highest BCUT2D eigenvalue weighted by molar-refractivity contribution is 7.84. The third-order valence-corrected chi connectivity index (χ3v) is 4.24. The Kier molecular flexibility index (Phi) is 14.0. The summed E-state index contributed by atoms with van der Waals surface area (Å²) in [5.41, 5.74) is 0. The molecule has 0 spiro atoms. The molecule has 0 radical (unpaired) electrons. The number of ether oxygens (including phenoxy) is 1. The Morgan fingerprint density at radius 2 is 2.00 bits per heavy atom. The zero-order chi connectivity index (χ0) is 15.2. The van der Waals surface area contributed by atoms with E-state index in [0.717, 1.165) is 31.7 Å². The van der Waals surface area contributed by atoms with E-state index in [0.29, 0.717) is 19.1 Å². The van der Waals surface area contributed by atoms with Crippen molar-refractivity contribution in [2.75, 3.05) is 38.3 Å². The van der Waals surface area contributed by atoms with Crippen LogP contribution in [0.4, 0.5) is 0 Å². The van der Waals surface area contributed by atoms with Gasteiger partial charge in [-0.3, -0.25) is 4.21 Å². The predicted molar refractivity (Wildman–Crippen MR) is 86.6 cm³/mol. The fraction of sp³-hybridized carbons (Fsp3) is 1.00. The van der Waals surface area contributed by atoms with Gasteiger partial charge in [-0.1, -0.05) is 33.1 Å². The molecule has 0 fully saturated rings. The van der Waals surface area contributed by atoms with E-state index in [1.807, 2.05) is 0 Å². The third-order valence-electron chi connectivity index (χ3n) is 3.37. The van der Waals surface area contributed by atoms with E-state index in [9.17, 15) is 9.32 Å². The molecule has 0 rings (SSSR count). The zero-order valence-electron chi connectivity index (χ0n) is 13.4. The molecular weight excluding hydrogens is 274 g/mol. The average Bonchev–Trinajstić information content (AvgIpc) is 2.41. The van der Waals surface area contributed by atoms with Crippen LogP contribution in [0, 0.1) is 5.92 Å². The van der Waals surface area contributed by atoms with Gasteiger partial charge in [-0.25, -0.2) is 0 Å². The predicted octanol–water partition coefficient (Wildman–Crippen LogP) is 1.94. The molecule has 0 aromatic rings. The topological polar surface area (TPSA) is 58.6 Å². The first kappa shape index (κ1) is 20.0. The summed E-state index contributed by atoms with van der Waals surface area (Å²) < 4.78 is 16.5. The quantitative estimate of drug-likeness (QED) is 0.482. The molecule has 0 aromatic carbocycles. The normalized spacial score (nSPS) is 16.0. The molecule has 0 aromatic heterocycles. The monoisotopic (exact) mass is 307 g/mol. The number of unbranched alkanes of at least 4 members (excludes halogenated alkanes) is 1. The molecule has 0 saturated carbocycles. The molecule has 0 amide bonds. The van der Waals surface area contributed by atoms with E-state index in [1.54, 1.807) is 6.26 Å².